The van der Waals surface area contributed by atoms with Crippen LogP contribution in [0.1, 0.15) is 13.8 Å². The van der Waals surface area contributed by atoms with Gasteiger partial charge in [-0.1, -0.05) is 0 Å². The lowest BCUT2D eigenvalue weighted by Crippen LogP contribution is -2.49. The highest BCUT2D eigenvalue weighted by Crippen LogP contribution is 2.21. The summed E-state index contributed by atoms with van der Waals surface area (Å²) in [7, 11) is -4.65. The Morgan fingerprint density at radius 3 is 2.21 bits per heavy atom. The Morgan fingerprint density at radius 1 is 1.21 bits per heavy atom. The first-order chi connectivity index (χ1) is 8.49. The lowest BCUT2D eigenvalue weighted by atomic mass is 10.1. The summed E-state index contributed by atoms with van der Waals surface area (Å²) in [6.07, 6.45) is 0. The number of carboxylic acids is 1. The van der Waals surface area contributed by atoms with Gasteiger partial charge in [0.2, 0.25) is 10.0 Å². The first kappa shape index (κ1) is 15.4. The number of sulfonamides is 1. The SMILES string of the molecule is CC(C)(NS(=O)(=O)c1ccc(F)c(F)c1F)C(=O)O. The molecular weight excluding hydrogens is 287 g/mol. The van der Waals surface area contributed by atoms with E-state index >= 15 is 0 Å². The zero-order valence-electron chi connectivity index (χ0n) is 9.87. The molecule has 1 rings (SSSR count). The summed E-state index contributed by atoms with van der Waals surface area (Å²) in [6.45, 7) is 2.04. The maximum atomic E-state index is 13.4. The van der Waals surface area contributed by atoms with Crippen molar-refractivity contribution in [2.75, 3.05) is 0 Å². The average molecular weight is 297 g/mol. The Balaban J connectivity index is 3.30. The Kier molecular flexibility index (Phi) is 3.92. The molecule has 2 N–H and O–H groups in total. The number of benzene rings is 1. The van der Waals surface area contributed by atoms with Gasteiger partial charge in [-0.3, -0.25) is 4.79 Å². The van der Waals surface area contributed by atoms with Gasteiger partial charge in [0, 0.05) is 0 Å². The molecule has 0 saturated heterocycles. The van der Waals surface area contributed by atoms with Gasteiger partial charge in [0.05, 0.1) is 0 Å². The Morgan fingerprint density at radius 2 is 1.74 bits per heavy atom. The van der Waals surface area contributed by atoms with Crippen LogP contribution < -0.4 is 4.72 Å². The molecular formula is C10H10F3NO4S. The highest BCUT2D eigenvalue weighted by atomic mass is 32.2. The smallest absolute Gasteiger partial charge is 0.324 e. The van der Waals surface area contributed by atoms with E-state index in [1.54, 1.807) is 4.72 Å². The number of carbonyl (C=O) groups is 1. The van der Waals surface area contributed by atoms with Crippen LogP contribution in [-0.4, -0.2) is 25.0 Å². The van der Waals surface area contributed by atoms with Gasteiger partial charge in [0.15, 0.2) is 17.5 Å². The number of nitrogens with one attached hydrogen (secondary N) is 1. The average Bonchev–Trinajstić information content (AvgIpc) is 2.23. The van der Waals surface area contributed by atoms with Crippen molar-refractivity contribution in [1.82, 2.24) is 4.72 Å². The third kappa shape index (κ3) is 3.04. The number of halogens is 3. The second-order valence-electron chi connectivity index (χ2n) is 4.21. The van der Waals surface area contributed by atoms with Crippen LogP contribution in [-0.2, 0) is 14.8 Å². The third-order valence-electron chi connectivity index (χ3n) is 2.21. The molecule has 1 aromatic rings. The van der Waals surface area contributed by atoms with Crippen LogP contribution in [0.2, 0.25) is 0 Å². The minimum Gasteiger partial charge on any atom is -0.480 e. The number of hydrogen-bond donors (Lipinski definition) is 2. The molecule has 0 amide bonds. The zero-order valence-corrected chi connectivity index (χ0v) is 10.7. The molecule has 0 aliphatic heterocycles. The van der Waals surface area contributed by atoms with E-state index < -0.39 is 43.9 Å². The van der Waals surface area contributed by atoms with Crippen LogP contribution in [0.25, 0.3) is 0 Å². The Bertz CT molecular complexity index is 628. The van der Waals surface area contributed by atoms with Crippen molar-refractivity contribution in [2.24, 2.45) is 0 Å². The van der Waals surface area contributed by atoms with E-state index in [0.717, 1.165) is 13.8 Å². The Hall–Kier alpha value is -1.61. The van der Waals surface area contributed by atoms with Gasteiger partial charge in [-0.25, -0.2) is 21.6 Å². The summed E-state index contributed by atoms with van der Waals surface area (Å²) in [6, 6.07) is 0.939. The number of aliphatic carboxylic acids is 1. The topological polar surface area (TPSA) is 83.5 Å². The molecule has 0 spiro atoms. The van der Waals surface area contributed by atoms with E-state index in [9.17, 15) is 26.4 Å². The van der Waals surface area contributed by atoms with E-state index in [1.165, 1.54) is 0 Å². The minimum atomic E-state index is -4.65. The maximum Gasteiger partial charge on any atom is 0.324 e. The van der Waals surface area contributed by atoms with Gasteiger partial charge >= 0.3 is 5.97 Å². The molecule has 19 heavy (non-hydrogen) atoms. The molecule has 5 nitrogen and oxygen atoms in total. The van der Waals surface area contributed by atoms with Crippen LogP contribution in [0.15, 0.2) is 17.0 Å². The summed E-state index contributed by atoms with van der Waals surface area (Å²) < 4.78 is 64.1. The van der Waals surface area contributed by atoms with Crippen LogP contribution in [0.3, 0.4) is 0 Å². The van der Waals surface area contributed by atoms with Crippen molar-refractivity contribution in [3.63, 3.8) is 0 Å². The summed E-state index contributed by atoms with van der Waals surface area (Å²) >= 11 is 0. The van der Waals surface area contributed by atoms with E-state index in [1.807, 2.05) is 0 Å². The van der Waals surface area contributed by atoms with Crippen LogP contribution in [0.5, 0.6) is 0 Å². The van der Waals surface area contributed by atoms with E-state index in [4.69, 9.17) is 5.11 Å². The molecule has 9 heteroatoms. The van der Waals surface area contributed by atoms with Crippen molar-refractivity contribution in [3.05, 3.63) is 29.6 Å². The predicted molar refractivity (Wildman–Crippen MR) is 58.4 cm³/mol. The minimum absolute atomic E-state index is 0.431. The second-order valence-corrected chi connectivity index (χ2v) is 5.86. The summed E-state index contributed by atoms with van der Waals surface area (Å²) in [5.74, 6) is -6.92. The molecule has 1 aromatic carbocycles. The zero-order chi connectivity index (χ0) is 15.0. The number of hydrogen-bond acceptors (Lipinski definition) is 3. The fraction of sp³-hybridized carbons (Fsp3) is 0.300. The van der Waals surface area contributed by atoms with E-state index in [0.29, 0.717) is 12.1 Å². The molecule has 0 radical (unpaired) electrons. The van der Waals surface area contributed by atoms with Gasteiger partial charge in [-0.2, -0.15) is 4.72 Å². The van der Waals surface area contributed by atoms with Crippen molar-refractivity contribution < 1.29 is 31.5 Å². The normalized spacial score (nSPS) is 12.5. The largest absolute Gasteiger partial charge is 0.480 e. The first-order valence-corrected chi connectivity index (χ1v) is 6.38. The predicted octanol–water partition coefficient (Wildman–Crippen LogP) is 1.25. The molecule has 0 atom stereocenters. The standard InChI is InChI=1S/C10H10F3NO4S/c1-10(2,9(15)16)14-19(17,18)6-4-3-5(11)7(12)8(6)13/h3-4,14H,1-2H3,(H,15,16). The maximum absolute atomic E-state index is 13.4. The lowest BCUT2D eigenvalue weighted by molar-refractivity contribution is -0.142. The van der Waals surface area contributed by atoms with Gasteiger partial charge in [0.1, 0.15) is 10.4 Å². The molecule has 0 aliphatic rings. The Labute approximate surface area is 107 Å². The number of rotatable bonds is 4. The van der Waals surface area contributed by atoms with Crippen LogP contribution in [0.4, 0.5) is 13.2 Å². The summed E-state index contributed by atoms with van der Waals surface area (Å²) in [4.78, 5) is 9.62. The monoisotopic (exact) mass is 297 g/mol. The molecule has 0 unspecified atom stereocenters. The van der Waals surface area contributed by atoms with Gasteiger partial charge in [0.25, 0.3) is 0 Å². The van der Waals surface area contributed by atoms with Gasteiger partial charge in [-0.05, 0) is 26.0 Å². The summed E-state index contributed by atoms with van der Waals surface area (Å²) in [5.41, 5.74) is -1.93. The fourth-order valence-electron chi connectivity index (χ4n) is 1.15. The molecule has 0 heterocycles. The third-order valence-corrected chi connectivity index (χ3v) is 3.89. The van der Waals surface area contributed by atoms with Crippen molar-refractivity contribution in [3.8, 4) is 0 Å². The van der Waals surface area contributed by atoms with Crippen LogP contribution >= 0.6 is 0 Å². The highest BCUT2D eigenvalue weighted by Gasteiger charge is 2.35. The highest BCUT2D eigenvalue weighted by molar-refractivity contribution is 7.89. The molecule has 0 bridgehead atoms. The van der Waals surface area contributed by atoms with Crippen LogP contribution in [0, 0.1) is 17.5 Å². The van der Waals surface area contributed by atoms with E-state index in [2.05, 4.69) is 0 Å². The van der Waals surface area contributed by atoms with Gasteiger partial charge in [-0.15, -0.1) is 0 Å². The van der Waals surface area contributed by atoms with Crippen molar-refractivity contribution in [1.29, 1.82) is 0 Å². The quantitative estimate of drug-likeness (QED) is 0.819. The number of carboxylic acid groups (broad SMARTS) is 1. The summed E-state index contributed by atoms with van der Waals surface area (Å²) in [5, 5.41) is 8.76. The van der Waals surface area contributed by atoms with Crippen molar-refractivity contribution >= 4 is 16.0 Å². The first-order valence-electron chi connectivity index (χ1n) is 4.90. The molecule has 106 valence electrons. The molecule has 0 saturated carbocycles. The fourth-order valence-corrected chi connectivity index (χ4v) is 2.59. The van der Waals surface area contributed by atoms with Crippen molar-refractivity contribution in [2.45, 2.75) is 24.3 Å². The van der Waals surface area contributed by atoms with Gasteiger partial charge < -0.3 is 5.11 Å². The molecule has 0 aromatic heterocycles. The second kappa shape index (κ2) is 4.82. The lowest BCUT2D eigenvalue weighted by Gasteiger charge is -2.21. The van der Waals surface area contributed by atoms with E-state index in [-0.39, 0.29) is 0 Å². The molecule has 0 aliphatic carbocycles. The molecule has 0 fully saturated rings.